The number of carbonyl (C=O) groups excluding carboxylic acids is 1. The van der Waals surface area contributed by atoms with Gasteiger partial charge in [0.05, 0.1) is 11.6 Å². The summed E-state index contributed by atoms with van der Waals surface area (Å²) < 4.78 is 38.2. The molecule has 1 fully saturated rings. The zero-order chi connectivity index (χ0) is 15.5. The number of benzene rings is 1. The van der Waals surface area contributed by atoms with Crippen LogP contribution < -0.4 is 10.6 Å². The molecule has 0 saturated carbocycles. The fourth-order valence-corrected chi connectivity index (χ4v) is 2.48. The molecule has 2 N–H and O–H groups in total. The topological polar surface area (TPSA) is 41.1 Å². The van der Waals surface area contributed by atoms with Gasteiger partial charge in [0.1, 0.15) is 0 Å². The largest absolute Gasteiger partial charge is 0.416 e. The predicted molar refractivity (Wildman–Crippen MR) is 73.6 cm³/mol. The molecule has 0 aromatic heterocycles. The van der Waals surface area contributed by atoms with Crippen molar-refractivity contribution in [1.29, 1.82) is 0 Å². The highest BCUT2D eigenvalue weighted by molar-refractivity contribution is 5.81. The minimum absolute atomic E-state index is 0.0775. The molecule has 0 radical (unpaired) electrons. The highest BCUT2D eigenvalue weighted by atomic mass is 19.4. The van der Waals surface area contributed by atoms with Gasteiger partial charge in [0, 0.05) is 12.6 Å². The highest BCUT2D eigenvalue weighted by Crippen LogP contribution is 2.30. The van der Waals surface area contributed by atoms with Gasteiger partial charge in [0.15, 0.2) is 0 Å². The number of rotatable bonds is 3. The first-order valence-corrected chi connectivity index (χ1v) is 7.09. The van der Waals surface area contributed by atoms with E-state index in [4.69, 9.17) is 0 Å². The number of amides is 1. The summed E-state index contributed by atoms with van der Waals surface area (Å²) >= 11 is 0. The van der Waals surface area contributed by atoms with Crippen LogP contribution in [0.2, 0.25) is 0 Å². The molecule has 2 unspecified atom stereocenters. The standard InChI is InChI=1S/C15H19F3N2O/c1-10(20-13-7-2-3-8-19-14(13)21)11-5-4-6-12(9-11)15(16,17)18/h4-6,9-10,13,20H,2-3,7-8H2,1H3,(H,19,21). The fourth-order valence-electron chi connectivity index (χ4n) is 2.48. The Morgan fingerprint density at radius 1 is 1.33 bits per heavy atom. The maximum Gasteiger partial charge on any atom is 0.416 e. The SMILES string of the molecule is CC(NC1CCCCNC1=O)c1cccc(C(F)(F)F)c1. The van der Waals surface area contributed by atoms with Crippen LogP contribution in [0.5, 0.6) is 0 Å². The Morgan fingerprint density at radius 2 is 2.10 bits per heavy atom. The lowest BCUT2D eigenvalue weighted by Gasteiger charge is -2.22. The molecule has 116 valence electrons. The Labute approximate surface area is 121 Å². The third-order valence-electron chi connectivity index (χ3n) is 3.70. The minimum atomic E-state index is -4.35. The quantitative estimate of drug-likeness (QED) is 0.901. The Balaban J connectivity index is 2.09. The van der Waals surface area contributed by atoms with Crippen LogP contribution in [0.15, 0.2) is 24.3 Å². The molecule has 6 heteroatoms. The molecule has 2 rings (SSSR count). The average Bonchev–Trinajstić information content (AvgIpc) is 2.63. The highest BCUT2D eigenvalue weighted by Gasteiger charge is 2.31. The fraction of sp³-hybridized carbons (Fsp3) is 0.533. The molecule has 1 aromatic carbocycles. The van der Waals surface area contributed by atoms with Gasteiger partial charge < -0.3 is 5.32 Å². The number of hydrogen-bond donors (Lipinski definition) is 2. The molecule has 21 heavy (non-hydrogen) atoms. The van der Waals surface area contributed by atoms with Crippen molar-refractivity contribution < 1.29 is 18.0 Å². The first-order valence-electron chi connectivity index (χ1n) is 7.09. The van der Waals surface area contributed by atoms with Crippen LogP contribution in [0, 0.1) is 0 Å². The van der Waals surface area contributed by atoms with E-state index in [2.05, 4.69) is 10.6 Å². The molecule has 1 heterocycles. The first-order chi connectivity index (χ1) is 9.88. The van der Waals surface area contributed by atoms with Gasteiger partial charge in [-0.2, -0.15) is 13.2 Å². The molecule has 2 atom stereocenters. The summed E-state index contributed by atoms with van der Waals surface area (Å²) in [6.07, 6.45) is -1.79. The van der Waals surface area contributed by atoms with Gasteiger partial charge in [-0.05, 0) is 43.9 Å². The van der Waals surface area contributed by atoms with Crippen molar-refractivity contribution in [2.24, 2.45) is 0 Å². The lowest BCUT2D eigenvalue weighted by Crippen LogP contribution is -2.43. The summed E-state index contributed by atoms with van der Waals surface area (Å²) in [5, 5.41) is 5.93. The second-order valence-electron chi connectivity index (χ2n) is 5.35. The average molecular weight is 300 g/mol. The van der Waals surface area contributed by atoms with E-state index in [1.165, 1.54) is 6.07 Å². The van der Waals surface area contributed by atoms with Crippen molar-refractivity contribution in [2.75, 3.05) is 6.54 Å². The van der Waals surface area contributed by atoms with E-state index in [1.54, 1.807) is 13.0 Å². The van der Waals surface area contributed by atoms with Crippen LogP contribution in [0.4, 0.5) is 13.2 Å². The summed E-state index contributed by atoms with van der Waals surface area (Å²) in [6.45, 7) is 2.43. The molecule has 1 aromatic rings. The third kappa shape index (κ3) is 4.20. The van der Waals surface area contributed by atoms with Crippen LogP contribution in [0.3, 0.4) is 0 Å². The van der Waals surface area contributed by atoms with Crippen molar-refractivity contribution in [3.8, 4) is 0 Å². The second-order valence-corrected chi connectivity index (χ2v) is 5.35. The normalized spacial score (nSPS) is 21.5. The Kier molecular flexibility index (Phi) is 4.88. The molecular formula is C15H19F3N2O. The van der Waals surface area contributed by atoms with Crippen molar-refractivity contribution >= 4 is 5.91 Å². The van der Waals surface area contributed by atoms with Gasteiger partial charge in [-0.15, -0.1) is 0 Å². The zero-order valence-electron chi connectivity index (χ0n) is 11.8. The number of carbonyl (C=O) groups is 1. The summed E-state index contributed by atoms with van der Waals surface area (Å²) in [5.74, 6) is -0.0775. The van der Waals surface area contributed by atoms with Gasteiger partial charge in [0.2, 0.25) is 5.91 Å². The molecule has 1 saturated heterocycles. The van der Waals surface area contributed by atoms with Gasteiger partial charge in [-0.3, -0.25) is 10.1 Å². The molecule has 0 aliphatic carbocycles. The molecule has 1 amide bonds. The summed E-state index contributed by atoms with van der Waals surface area (Å²) in [5.41, 5.74) is -0.138. The summed E-state index contributed by atoms with van der Waals surface area (Å²) in [6, 6.07) is 4.55. The minimum Gasteiger partial charge on any atom is -0.355 e. The molecule has 0 spiro atoms. The van der Waals surface area contributed by atoms with E-state index in [1.807, 2.05) is 0 Å². The number of halogens is 3. The van der Waals surface area contributed by atoms with Crippen LogP contribution in [-0.4, -0.2) is 18.5 Å². The maximum absolute atomic E-state index is 12.7. The molecule has 3 nitrogen and oxygen atoms in total. The van der Waals surface area contributed by atoms with Gasteiger partial charge in [-0.1, -0.05) is 12.1 Å². The Hall–Kier alpha value is -1.56. The smallest absolute Gasteiger partial charge is 0.355 e. The molecular weight excluding hydrogens is 281 g/mol. The lowest BCUT2D eigenvalue weighted by atomic mass is 10.0. The van der Waals surface area contributed by atoms with E-state index in [0.717, 1.165) is 25.0 Å². The summed E-state index contributed by atoms with van der Waals surface area (Å²) in [7, 11) is 0. The van der Waals surface area contributed by atoms with E-state index in [-0.39, 0.29) is 18.0 Å². The van der Waals surface area contributed by atoms with Gasteiger partial charge in [-0.25, -0.2) is 0 Å². The van der Waals surface area contributed by atoms with Crippen LogP contribution in [-0.2, 0) is 11.0 Å². The number of nitrogens with one attached hydrogen (secondary N) is 2. The maximum atomic E-state index is 12.7. The lowest BCUT2D eigenvalue weighted by molar-refractivity contribution is -0.137. The van der Waals surface area contributed by atoms with E-state index >= 15 is 0 Å². The van der Waals surface area contributed by atoms with E-state index < -0.39 is 11.7 Å². The van der Waals surface area contributed by atoms with Crippen LogP contribution in [0.1, 0.15) is 43.4 Å². The first kappa shape index (κ1) is 15.8. The van der Waals surface area contributed by atoms with Crippen molar-refractivity contribution in [1.82, 2.24) is 10.6 Å². The summed E-state index contributed by atoms with van der Waals surface area (Å²) in [4.78, 5) is 11.9. The van der Waals surface area contributed by atoms with Crippen LogP contribution >= 0.6 is 0 Å². The van der Waals surface area contributed by atoms with Crippen molar-refractivity contribution in [3.05, 3.63) is 35.4 Å². The van der Waals surface area contributed by atoms with Gasteiger partial charge in [0.25, 0.3) is 0 Å². The Bertz CT molecular complexity index is 502. The molecule has 0 bridgehead atoms. The van der Waals surface area contributed by atoms with Crippen LogP contribution in [0.25, 0.3) is 0 Å². The molecule has 1 aliphatic rings. The van der Waals surface area contributed by atoms with Crippen molar-refractivity contribution in [2.45, 2.75) is 44.4 Å². The van der Waals surface area contributed by atoms with E-state index in [0.29, 0.717) is 18.5 Å². The second kappa shape index (κ2) is 6.47. The zero-order valence-corrected chi connectivity index (χ0v) is 11.8. The third-order valence-corrected chi connectivity index (χ3v) is 3.70. The monoisotopic (exact) mass is 300 g/mol. The number of hydrogen-bond acceptors (Lipinski definition) is 2. The van der Waals surface area contributed by atoms with Gasteiger partial charge >= 0.3 is 6.18 Å². The predicted octanol–water partition coefficient (Wildman–Crippen LogP) is 3.02. The van der Waals surface area contributed by atoms with E-state index in [9.17, 15) is 18.0 Å². The Morgan fingerprint density at radius 3 is 2.81 bits per heavy atom. The van der Waals surface area contributed by atoms with Crippen molar-refractivity contribution in [3.63, 3.8) is 0 Å². The molecule has 1 aliphatic heterocycles. The number of alkyl halides is 3.